The van der Waals surface area contributed by atoms with E-state index >= 15 is 0 Å². The van der Waals surface area contributed by atoms with Crippen LogP contribution in [0.3, 0.4) is 0 Å². The van der Waals surface area contributed by atoms with Gasteiger partial charge in [-0.05, 0) is 32.5 Å². The van der Waals surface area contributed by atoms with Crippen molar-refractivity contribution in [3.05, 3.63) is 16.4 Å². The molecule has 1 N–H and O–H groups in total. The lowest BCUT2D eigenvalue weighted by molar-refractivity contribution is -0.143. The molecule has 0 unspecified atom stereocenters. The average molecular weight is 341 g/mol. The monoisotopic (exact) mass is 340 g/mol. The van der Waals surface area contributed by atoms with E-state index in [9.17, 15) is 13.2 Å². The molecule has 0 aliphatic rings. The van der Waals surface area contributed by atoms with Gasteiger partial charge in [-0.1, -0.05) is 25.4 Å². The van der Waals surface area contributed by atoms with Crippen molar-refractivity contribution in [1.29, 1.82) is 0 Å². The summed E-state index contributed by atoms with van der Waals surface area (Å²) in [5.74, 6) is 0.272. The Morgan fingerprint density at radius 1 is 1.36 bits per heavy atom. The number of nitrogens with one attached hydrogen (secondary N) is 1. The third-order valence-corrected chi connectivity index (χ3v) is 3.76. The second kappa shape index (κ2) is 8.17. The van der Waals surface area contributed by atoms with Crippen LogP contribution >= 0.6 is 11.6 Å². The van der Waals surface area contributed by atoms with Gasteiger partial charge in [0.15, 0.2) is 0 Å². The molecule has 1 aromatic rings. The number of halogens is 4. The maximum atomic E-state index is 12.2. The fourth-order valence-corrected chi connectivity index (χ4v) is 2.47. The summed E-state index contributed by atoms with van der Waals surface area (Å²) >= 11 is 6.22. The lowest BCUT2D eigenvalue weighted by Gasteiger charge is -2.18. The Hall–Kier alpha value is -0.790. The molecule has 0 bridgehead atoms. The molecule has 1 rings (SSSR count). The van der Waals surface area contributed by atoms with Gasteiger partial charge in [0, 0.05) is 19.2 Å². The number of nitrogens with zero attached hydrogens (tertiary/aromatic N) is 3. The van der Waals surface area contributed by atoms with Gasteiger partial charge >= 0.3 is 6.18 Å². The zero-order valence-corrected chi connectivity index (χ0v) is 14.2. The van der Waals surface area contributed by atoms with Gasteiger partial charge in [-0.25, -0.2) is 0 Å². The fourth-order valence-electron chi connectivity index (χ4n) is 2.27. The van der Waals surface area contributed by atoms with Crippen LogP contribution < -0.4 is 5.32 Å². The van der Waals surface area contributed by atoms with E-state index in [0.29, 0.717) is 31.2 Å². The highest BCUT2D eigenvalue weighted by molar-refractivity contribution is 6.30. The Bertz CT molecular complexity index is 471. The van der Waals surface area contributed by atoms with Crippen LogP contribution in [0.5, 0.6) is 0 Å². The molecule has 0 amide bonds. The van der Waals surface area contributed by atoms with Crippen molar-refractivity contribution >= 4 is 11.6 Å². The molecule has 0 spiro atoms. The molecule has 1 aromatic heterocycles. The standard InChI is InChI=1S/C14H24ClF3N4/c1-10(2)12-11(13(15)22(4)20-12)8-19-6-5-7-21(3)9-14(16,17)18/h10,19H,5-9H2,1-4H3. The van der Waals surface area contributed by atoms with Crippen LogP contribution in [-0.2, 0) is 13.6 Å². The molecule has 0 aromatic carbocycles. The Morgan fingerprint density at radius 3 is 2.55 bits per heavy atom. The van der Waals surface area contributed by atoms with Gasteiger partial charge in [-0.3, -0.25) is 9.58 Å². The molecule has 1 heterocycles. The van der Waals surface area contributed by atoms with Crippen molar-refractivity contribution in [3.8, 4) is 0 Å². The molecular weight excluding hydrogens is 317 g/mol. The van der Waals surface area contributed by atoms with E-state index in [4.69, 9.17) is 11.6 Å². The summed E-state index contributed by atoms with van der Waals surface area (Å²) in [7, 11) is 3.27. The van der Waals surface area contributed by atoms with Crippen LogP contribution in [0, 0.1) is 0 Å². The normalized spacial score (nSPS) is 12.6. The number of alkyl halides is 3. The van der Waals surface area contributed by atoms with E-state index in [0.717, 1.165) is 11.3 Å². The van der Waals surface area contributed by atoms with E-state index < -0.39 is 12.7 Å². The minimum Gasteiger partial charge on any atom is -0.312 e. The molecule has 22 heavy (non-hydrogen) atoms. The molecule has 0 aliphatic heterocycles. The maximum Gasteiger partial charge on any atom is 0.401 e. The minimum absolute atomic E-state index is 0.272. The molecule has 0 fully saturated rings. The summed E-state index contributed by atoms with van der Waals surface area (Å²) in [6.07, 6.45) is -3.50. The van der Waals surface area contributed by atoms with Crippen LogP contribution in [0.25, 0.3) is 0 Å². The summed E-state index contributed by atoms with van der Waals surface area (Å²) < 4.78 is 38.2. The largest absolute Gasteiger partial charge is 0.401 e. The van der Waals surface area contributed by atoms with Crippen LogP contribution in [0.1, 0.15) is 37.4 Å². The zero-order valence-electron chi connectivity index (χ0n) is 13.5. The van der Waals surface area contributed by atoms with Gasteiger partial charge in [0.1, 0.15) is 5.15 Å². The van der Waals surface area contributed by atoms with E-state index in [1.807, 2.05) is 13.8 Å². The van der Waals surface area contributed by atoms with Gasteiger partial charge in [0.05, 0.1) is 12.2 Å². The van der Waals surface area contributed by atoms with E-state index in [2.05, 4.69) is 10.4 Å². The topological polar surface area (TPSA) is 33.1 Å². The van der Waals surface area contributed by atoms with Crippen molar-refractivity contribution in [2.75, 3.05) is 26.7 Å². The second-order valence-corrected chi connectivity index (χ2v) is 6.17. The van der Waals surface area contributed by atoms with Crippen molar-refractivity contribution in [1.82, 2.24) is 20.0 Å². The first kappa shape index (κ1) is 19.3. The summed E-state index contributed by atoms with van der Waals surface area (Å²) in [6.45, 7) is 4.82. The molecule has 128 valence electrons. The highest BCUT2D eigenvalue weighted by atomic mass is 35.5. The number of hydrogen-bond donors (Lipinski definition) is 1. The third kappa shape index (κ3) is 6.14. The highest BCUT2D eigenvalue weighted by Gasteiger charge is 2.28. The van der Waals surface area contributed by atoms with Crippen LogP contribution in [0.4, 0.5) is 13.2 Å². The Kier molecular flexibility index (Phi) is 7.15. The summed E-state index contributed by atoms with van der Waals surface area (Å²) in [5.41, 5.74) is 1.91. The summed E-state index contributed by atoms with van der Waals surface area (Å²) in [6, 6.07) is 0. The smallest absolute Gasteiger partial charge is 0.312 e. The first-order chi connectivity index (χ1) is 10.1. The molecule has 0 radical (unpaired) electrons. The van der Waals surface area contributed by atoms with Gasteiger partial charge in [-0.15, -0.1) is 0 Å². The maximum absolute atomic E-state index is 12.2. The van der Waals surface area contributed by atoms with Gasteiger partial charge in [0.2, 0.25) is 0 Å². The van der Waals surface area contributed by atoms with Crippen molar-refractivity contribution in [2.24, 2.45) is 7.05 Å². The molecule has 8 heteroatoms. The Labute approximate surface area is 134 Å². The molecular formula is C14H24ClF3N4. The van der Waals surface area contributed by atoms with Crippen molar-refractivity contribution < 1.29 is 13.2 Å². The van der Waals surface area contributed by atoms with E-state index in [1.165, 1.54) is 11.9 Å². The van der Waals surface area contributed by atoms with Gasteiger partial charge < -0.3 is 5.32 Å². The second-order valence-electron chi connectivity index (χ2n) is 5.82. The molecule has 0 aliphatic carbocycles. The minimum atomic E-state index is -4.14. The summed E-state index contributed by atoms with van der Waals surface area (Å²) in [5, 5.41) is 8.21. The fraction of sp³-hybridized carbons (Fsp3) is 0.786. The van der Waals surface area contributed by atoms with Crippen molar-refractivity contribution in [3.63, 3.8) is 0 Å². The Balaban J connectivity index is 2.37. The highest BCUT2D eigenvalue weighted by Crippen LogP contribution is 2.24. The first-order valence-electron chi connectivity index (χ1n) is 7.29. The number of rotatable bonds is 8. The first-order valence-corrected chi connectivity index (χ1v) is 7.67. The van der Waals surface area contributed by atoms with E-state index in [-0.39, 0.29) is 5.92 Å². The predicted molar refractivity (Wildman–Crippen MR) is 82.2 cm³/mol. The van der Waals surface area contributed by atoms with Gasteiger partial charge in [0.25, 0.3) is 0 Å². The molecule has 4 nitrogen and oxygen atoms in total. The quantitative estimate of drug-likeness (QED) is 0.738. The lowest BCUT2D eigenvalue weighted by atomic mass is 10.1. The Morgan fingerprint density at radius 2 is 2.00 bits per heavy atom. The molecule has 0 atom stereocenters. The van der Waals surface area contributed by atoms with Crippen LogP contribution in [0.2, 0.25) is 5.15 Å². The van der Waals surface area contributed by atoms with Gasteiger partial charge in [-0.2, -0.15) is 18.3 Å². The van der Waals surface area contributed by atoms with Crippen LogP contribution in [0.15, 0.2) is 0 Å². The average Bonchev–Trinajstić information content (AvgIpc) is 2.64. The van der Waals surface area contributed by atoms with Crippen molar-refractivity contribution in [2.45, 2.75) is 38.9 Å². The number of aromatic nitrogens is 2. The SMILES string of the molecule is CC(C)c1nn(C)c(Cl)c1CNCCCN(C)CC(F)(F)F. The zero-order chi connectivity index (χ0) is 16.9. The number of hydrogen-bond acceptors (Lipinski definition) is 3. The lowest BCUT2D eigenvalue weighted by Crippen LogP contribution is -2.33. The van der Waals surface area contributed by atoms with E-state index in [1.54, 1.807) is 11.7 Å². The summed E-state index contributed by atoms with van der Waals surface area (Å²) in [4.78, 5) is 1.28. The predicted octanol–water partition coefficient (Wildman–Crippen LogP) is 3.17. The molecule has 0 saturated carbocycles. The third-order valence-electron chi connectivity index (χ3n) is 3.29. The van der Waals surface area contributed by atoms with Crippen LogP contribution in [-0.4, -0.2) is 47.5 Å². The number of aryl methyl sites for hydroxylation is 1. The molecule has 0 saturated heterocycles.